The lowest BCUT2D eigenvalue weighted by atomic mass is 9.98. The Morgan fingerprint density at radius 1 is 1.30 bits per heavy atom. The minimum Gasteiger partial charge on any atom is -0.457 e. The van der Waals surface area contributed by atoms with E-state index in [1.54, 1.807) is 32.0 Å². The maximum atomic E-state index is 15.4. The number of benzene rings is 1. The molecule has 12 nitrogen and oxygen atoms in total. The Bertz CT molecular complexity index is 1330. The molecule has 1 aliphatic rings. The smallest absolute Gasteiger partial charge is 0.457 e. The Hall–Kier alpha value is -3.30. The molecule has 0 radical (unpaired) electrons. The number of halogens is 1. The van der Waals surface area contributed by atoms with Crippen LogP contribution < -0.4 is 15.8 Å². The summed E-state index contributed by atoms with van der Waals surface area (Å²) in [6.45, 7) is 5.06. The number of nitrogens with one attached hydrogen (secondary N) is 1. The maximum absolute atomic E-state index is 15.4. The van der Waals surface area contributed by atoms with Crippen molar-refractivity contribution in [3.8, 4) is 11.6 Å². The molecule has 1 fully saturated rings. The van der Waals surface area contributed by atoms with Crippen LogP contribution >= 0.6 is 7.60 Å². The van der Waals surface area contributed by atoms with Crippen LogP contribution in [0.25, 0.3) is 4.85 Å². The fraction of sp³-hybridized carbons (Fsp3) is 0.478. The molecule has 0 bridgehead atoms. The number of para-hydroxylation sites is 1. The van der Waals surface area contributed by atoms with Crippen molar-refractivity contribution in [1.29, 1.82) is 0 Å². The van der Waals surface area contributed by atoms with Gasteiger partial charge >= 0.3 is 31.1 Å². The minimum absolute atomic E-state index is 0.131. The Morgan fingerprint density at radius 3 is 2.59 bits per heavy atom. The first-order valence-electron chi connectivity index (χ1n) is 11.3. The van der Waals surface area contributed by atoms with Crippen molar-refractivity contribution in [2.45, 2.75) is 63.9 Å². The van der Waals surface area contributed by atoms with Gasteiger partial charge in [-0.2, -0.15) is 0 Å². The molecule has 0 saturated carbocycles. The molecule has 0 aliphatic carbocycles. The lowest BCUT2D eigenvalue weighted by molar-refractivity contribution is -0.147. The van der Waals surface area contributed by atoms with Gasteiger partial charge in [-0.15, -0.1) is 0 Å². The summed E-state index contributed by atoms with van der Waals surface area (Å²) in [4.78, 5) is 41.4. The fourth-order valence-electron chi connectivity index (χ4n) is 3.37. The summed E-state index contributed by atoms with van der Waals surface area (Å²) < 4.78 is 51.1. The highest BCUT2D eigenvalue weighted by Gasteiger charge is 2.56. The molecule has 1 aromatic carbocycles. The maximum Gasteiger partial charge on any atom is 0.530 e. The number of rotatable bonds is 8. The monoisotopic (exact) mass is 540 g/mol. The van der Waals surface area contributed by atoms with Crippen LogP contribution in [0.1, 0.15) is 33.9 Å². The zero-order valence-electron chi connectivity index (χ0n) is 20.6. The highest BCUT2D eigenvalue weighted by Crippen LogP contribution is 2.49. The van der Waals surface area contributed by atoms with Crippen LogP contribution in [0.3, 0.4) is 0 Å². The number of aliphatic hydroxyl groups is 1. The number of aromatic amines is 1. The summed E-state index contributed by atoms with van der Waals surface area (Å²) in [5.41, 5.74) is -4.13. The molecule has 2 heterocycles. The number of hydrogen-bond acceptors (Lipinski definition) is 9. The molecule has 3 rings (SSSR count). The van der Waals surface area contributed by atoms with Gasteiger partial charge in [0.1, 0.15) is 18.0 Å². The zero-order valence-corrected chi connectivity index (χ0v) is 21.5. The van der Waals surface area contributed by atoms with Crippen LogP contribution in [0.4, 0.5) is 4.39 Å². The first-order chi connectivity index (χ1) is 17.3. The first-order valence-corrected chi connectivity index (χ1v) is 12.9. The quantitative estimate of drug-likeness (QED) is 0.380. The third-order valence-corrected chi connectivity index (χ3v) is 6.57. The van der Waals surface area contributed by atoms with Gasteiger partial charge in [-0.25, -0.2) is 18.5 Å². The molecule has 6 atom stereocenters. The van der Waals surface area contributed by atoms with Crippen LogP contribution in [0.2, 0.25) is 0 Å². The Labute approximate surface area is 211 Å². The van der Waals surface area contributed by atoms with Crippen molar-refractivity contribution in [2.24, 2.45) is 0 Å². The molecule has 1 saturated heterocycles. The molecule has 2 N–H and O–H groups in total. The van der Waals surface area contributed by atoms with Crippen LogP contribution in [0, 0.1) is 5.81 Å². The van der Waals surface area contributed by atoms with E-state index in [-0.39, 0.29) is 5.75 Å². The van der Waals surface area contributed by atoms with Gasteiger partial charge in [-0.3, -0.25) is 18.9 Å². The molecule has 37 heavy (non-hydrogen) atoms. The second-order valence-electron chi connectivity index (χ2n) is 8.73. The molecular formula is C23H28FN3O9P+. The van der Waals surface area contributed by atoms with Crippen molar-refractivity contribution in [2.75, 3.05) is 6.61 Å². The molecule has 0 spiro atoms. The van der Waals surface area contributed by atoms with Crippen molar-refractivity contribution < 1.29 is 37.4 Å². The van der Waals surface area contributed by atoms with E-state index < -0.39 is 67.7 Å². The summed E-state index contributed by atoms with van der Waals surface area (Å²) in [7, 11) is -4.35. The fourth-order valence-corrected chi connectivity index (χ4v) is 4.58. The molecule has 1 aromatic heterocycles. The Kier molecular flexibility index (Phi) is 8.71. The van der Waals surface area contributed by atoms with Crippen LogP contribution in [-0.2, 0) is 23.4 Å². The summed E-state index contributed by atoms with van der Waals surface area (Å²) in [5, 5.41) is 10.6. The van der Waals surface area contributed by atoms with E-state index in [1.807, 2.05) is 4.98 Å². The van der Waals surface area contributed by atoms with Crippen LogP contribution in [0.15, 0.2) is 52.2 Å². The number of H-pyrrole nitrogens is 1. The van der Waals surface area contributed by atoms with E-state index in [2.05, 4.69) is 10.7 Å². The van der Waals surface area contributed by atoms with Gasteiger partial charge in [-0.1, -0.05) is 23.0 Å². The average molecular weight is 540 g/mol. The third kappa shape index (κ3) is 6.93. The van der Waals surface area contributed by atoms with E-state index in [9.17, 15) is 24.1 Å². The van der Waals surface area contributed by atoms with Gasteiger partial charge in [0.15, 0.2) is 11.9 Å². The van der Waals surface area contributed by atoms with Crippen LogP contribution in [-0.4, -0.2) is 57.3 Å². The Morgan fingerprint density at radius 2 is 1.97 bits per heavy atom. The van der Waals surface area contributed by atoms with Gasteiger partial charge in [-0.05, 0) is 32.9 Å². The summed E-state index contributed by atoms with van der Waals surface area (Å²) >= 11 is 0. The van der Waals surface area contributed by atoms with Crippen molar-refractivity contribution in [1.82, 2.24) is 9.55 Å². The molecule has 200 valence electrons. The number of carbonyl (C=O) groups excluding carboxylic acids is 1. The third-order valence-electron chi connectivity index (χ3n) is 5.27. The van der Waals surface area contributed by atoms with Crippen molar-refractivity contribution in [3.05, 3.63) is 68.3 Å². The number of alkyl halides is 1. The summed E-state index contributed by atoms with van der Waals surface area (Å²) in [5.74, 6) is 1.67. The highest BCUT2D eigenvalue weighted by molar-refractivity contribution is 7.59. The molecule has 1 aliphatic heterocycles. The second-order valence-corrected chi connectivity index (χ2v) is 10.4. The SMILES string of the molecule is CC(C)OC(=O)[C@H](C)[N+]#CP(=O)(OC[C@H]1O[C@@H](n2ccc(=O)[nH]c2=O)[C@](C)(F)[C@@H]1O)Oc1ccccc1. The lowest BCUT2D eigenvalue weighted by Gasteiger charge is -2.24. The summed E-state index contributed by atoms with van der Waals surface area (Å²) in [6, 6.07) is 7.82. The van der Waals surface area contributed by atoms with Gasteiger partial charge in [0.05, 0.1) is 12.7 Å². The largest absolute Gasteiger partial charge is 0.530 e. The van der Waals surface area contributed by atoms with E-state index in [0.29, 0.717) is 0 Å². The molecule has 1 unspecified atom stereocenters. The molecule has 2 aromatic rings. The van der Waals surface area contributed by atoms with Gasteiger partial charge in [0, 0.05) is 19.2 Å². The standard InChI is InChI=1S/C23H27FN3O9P/c1-14(2)34-20(30)15(3)25-13-37(32,36-16-8-6-5-7-9-16)33-12-17-19(29)23(4,24)21(35-17)27-11-10-18(28)26-22(27)31/h5-11,14-15,17,19,21,29H,12H2,1-4H3/p+1/t15-,17+,19+,21+,23+,37?/m0/s1. The highest BCUT2D eigenvalue weighted by atomic mass is 31.2. The topological polar surface area (TPSA) is 151 Å². The molecule has 14 heteroatoms. The average Bonchev–Trinajstić information content (AvgIpc) is 3.05. The summed E-state index contributed by atoms with van der Waals surface area (Å²) in [6.07, 6.45) is -4.22. The molecular weight excluding hydrogens is 512 g/mol. The second kappa shape index (κ2) is 11.4. The van der Waals surface area contributed by atoms with E-state index in [0.717, 1.165) is 23.8 Å². The van der Waals surface area contributed by atoms with E-state index in [1.165, 1.54) is 19.1 Å². The number of carbonyl (C=O) groups is 1. The number of aromatic nitrogens is 2. The predicted octanol–water partition coefficient (Wildman–Crippen LogP) is 2.44. The number of aliphatic hydroxyl groups excluding tert-OH is 1. The van der Waals surface area contributed by atoms with Crippen molar-refractivity contribution in [3.63, 3.8) is 0 Å². The molecule has 0 amide bonds. The van der Waals surface area contributed by atoms with E-state index in [4.69, 9.17) is 18.5 Å². The lowest BCUT2D eigenvalue weighted by Crippen LogP contribution is -2.43. The van der Waals surface area contributed by atoms with Crippen LogP contribution in [0.5, 0.6) is 5.75 Å². The number of esters is 1. The number of hydrogen-bond donors (Lipinski definition) is 2. The Balaban J connectivity index is 1.83. The minimum atomic E-state index is -4.35. The first kappa shape index (κ1) is 28.3. The van der Waals surface area contributed by atoms with Crippen molar-refractivity contribution >= 4 is 13.6 Å². The normalized spacial score (nSPS) is 25.5. The zero-order chi connectivity index (χ0) is 27.4. The number of nitrogens with zero attached hydrogens (tertiary/aromatic N) is 2. The van der Waals surface area contributed by atoms with Gasteiger partial charge < -0.3 is 19.1 Å². The van der Waals surface area contributed by atoms with Gasteiger partial charge in [0.2, 0.25) is 0 Å². The van der Waals surface area contributed by atoms with Gasteiger partial charge in [0.25, 0.3) is 5.56 Å². The predicted molar refractivity (Wildman–Crippen MR) is 129 cm³/mol. The number of ether oxygens (including phenoxy) is 2. The van der Waals surface area contributed by atoms with E-state index >= 15 is 4.39 Å².